The summed E-state index contributed by atoms with van der Waals surface area (Å²) in [5.41, 5.74) is 0. The Kier molecular flexibility index (Phi) is 6.76. The summed E-state index contributed by atoms with van der Waals surface area (Å²) in [7, 11) is 1.39. The molecule has 0 unspecified atom stereocenters. The van der Waals surface area contributed by atoms with Gasteiger partial charge in [0.15, 0.2) is 0 Å². The molecule has 104 valence electrons. The lowest BCUT2D eigenvalue weighted by Crippen LogP contribution is -2.40. The van der Waals surface area contributed by atoms with Crippen LogP contribution in [0.2, 0.25) is 0 Å². The highest BCUT2D eigenvalue weighted by atomic mass is 16.5. The van der Waals surface area contributed by atoms with Crippen LogP contribution in [0.15, 0.2) is 0 Å². The van der Waals surface area contributed by atoms with Crippen molar-refractivity contribution in [3.05, 3.63) is 0 Å². The highest BCUT2D eigenvalue weighted by Crippen LogP contribution is 2.24. The van der Waals surface area contributed by atoms with Gasteiger partial charge in [-0.25, -0.2) is 0 Å². The van der Waals surface area contributed by atoms with E-state index in [0.29, 0.717) is 25.4 Å². The van der Waals surface area contributed by atoms with Crippen molar-refractivity contribution in [3.8, 4) is 0 Å². The van der Waals surface area contributed by atoms with E-state index in [-0.39, 0.29) is 11.9 Å². The SMILES string of the molecule is CCCCC(=O)N(CCC(=O)OC)C1CCCC1. The van der Waals surface area contributed by atoms with E-state index in [0.717, 1.165) is 25.7 Å². The highest BCUT2D eigenvalue weighted by molar-refractivity contribution is 5.77. The topological polar surface area (TPSA) is 46.6 Å². The second-order valence-electron chi connectivity index (χ2n) is 4.96. The summed E-state index contributed by atoms with van der Waals surface area (Å²) in [5, 5.41) is 0. The molecule has 1 aliphatic carbocycles. The molecule has 1 rings (SSSR count). The third-order valence-corrected chi connectivity index (χ3v) is 3.61. The molecule has 0 N–H and O–H groups in total. The van der Waals surface area contributed by atoms with Gasteiger partial charge in [-0.3, -0.25) is 9.59 Å². The molecule has 0 aliphatic heterocycles. The van der Waals surface area contributed by atoms with Crippen LogP contribution in [0.25, 0.3) is 0 Å². The van der Waals surface area contributed by atoms with Crippen molar-refractivity contribution >= 4 is 11.9 Å². The summed E-state index contributed by atoms with van der Waals surface area (Å²) in [6, 6.07) is 0.346. The number of nitrogens with zero attached hydrogens (tertiary/aromatic N) is 1. The van der Waals surface area contributed by atoms with E-state index in [2.05, 4.69) is 11.7 Å². The Morgan fingerprint density at radius 3 is 2.44 bits per heavy atom. The fraction of sp³-hybridized carbons (Fsp3) is 0.857. The molecule has 0 saturated heterocycles. The molecule has 1 amide bonds. The molecule has 0 spiro atoms. The molecule has 0 aromatic rings. The van der Waals surface area contributed by atoms with Gasteiger partial charge in [-0.05, 0) is 19.3 Å². The van der Waals surface area contributed by atoms with Crippen molar-refractivity contribution in [2.24, 2.45) is 0 Å². The summed E-state index contributed by atoms with van der Waals surface area (Å²) in [4.78, 5) is 25.3. The van der Waals surface area contributed by atoms with Crippen molar-refractivity contribution in [2.45, 2.75) is 64.3 Å². The molecule has 4 nitrogen and oxygen atoms in total. The van der Waals surface area contributed by atoms with Crippen LogP contribution >= 0.6 is 0 Å². The maximum absolute atomic E-state index is 12.2. The zero-order chi connectivity index (χ0) is 13.4. The van der Waals surface area contributed by atoms with Crippen molar-refractivity contribution < 1.29 is 14.3 Å². The fourth-order valence-electron chi connectivity index (χ4n) is 2.51. The number of unbranched alkanes of at least 4 members (excludes halogenated alkanes) is 1. The summed E-state index contributed by atoms with van der Waals surface area (Å²) < 4.78 is 4.65. The van der Waals surface area contributed by atoms with Crippen LogP contribution in [0.3, 0.4) is 0 Å². The Hall–Kier alpha value is -1.06. The quantitative estimate of drug-likeness (QED) is 0.657. The Balaban J connectivity index is 2.50. The van der Waals surface area contributed by atoms with Gasteiger partial charge >= 0.3 is 5.97 Å². The summed E-state index contributed by atoms with van der Waals surface area (Å²) in [6.45, 7) is 2.60. The number of esters is 1. The Morgan fingerprint density at radius 1 is 1.22 bits per heavy atom. The van der Waals surface area contributed by atoms with Gasteiger partial charge in [0.25, 0.3) is 0 Å². The third-order valence-electron chi connectivity index (χ3n) is 3.61. The first kappa shape index (κ1) is 15.0. The number of carbonyl (C=O) groups is 2. The predicted octanol–water partition coefficient (Wildman–Crippen LogP) is 2.51. The lowest BCUT2D eigenvalue weighted by molar-refractivity contribution is -0.142. The van der Waals surface area contributed by atoms with E-state index >= 15 is 0 Å². The molecule has 0 aromatic heterocycles. The van der Waals surface area contributed by atoms with Crippen molar-refractivity contribution in [1.82, 2.24) is 4.90 Å². The first-order valence-corrected chi connectivity index (χ1v) is 7.05. The molecule has 0 radical (unpaired) electrons. The lowest BCUT2D eigenvalue weighted by atomic mass is 10.1. The van der Waals surface area contributed by atoms with Crippen molar-refractivity contribution in [1.29, 1.82) is 0 Å². The first-order chi connectivity index (χ1) is 8.69. The van der Waals surface area contributed by atoms with Gasteiger partial charge < -0.3 is 9.64 Å². The summed E-state index contributed by atoms with van der Waals surface area (Å²) in [5.74, 6) is -0.0334. The molecule has 1 saturated carbocycles. The van der Waals surface area contributed by atoms with Crippen LogP contribution in [0.5, 0.6) is 0 Å². The predicted molar refractivity (Wildman–Crippen MR) is 70.1 cm³/mol. The average Bonchev–Trinajstić information content (AvgIpc) is 2.90. The molecule has 0 aromatic carbocycles. The number of methoxy groups -OCH3 is 1. The summed E-state index contributed by atoms with van der Waals surface area (Å²) in [6.07, 6.45) is 7.43. The molecule has 1 aliphatic rings. The number of rotatable bonds is 7. The maximum atomic E-state index is 12.2. The van der Waals surface area contributed by atoms with Gasteiger partial charge in [0.05, 0.1) is 13.5 Å². The lowest BCUT2D eigenvalue weighted by Gasteiger charge is -2.28. The van der Waals surface area contributed by atoms with Crippen LogP contribution in [0.1, 0.15) is 58.3 Å². The van der Waals surface area contributed by atoms with Crippen molar-refractivity contribution in [3.63, 3.8) is 0 Å². The molecular weight excluding hydrogens is 230 g/mol. The molecular formula is C14H25NO3. The second kappa shape index (κ2) is 8.11. The van der Waals surface area contributed by atoms with E-state index in [9.17, 15) is 9.59 Å². The van der Waals surface area contributed by atoms with E-state index in [1.165, 1.54) is 20.0 Å². The first-order valence-electron chi connectivity index (χ1n) is 7.05. The van der Waals surface area contributed by atoms with Gasteiger partial charge in [-0.2, -0.15) is 0 Å². The number of hydrogen-bond acceptors (Lipinski definition) is 3. The molecule has 0 heterocycles. The third kappa shape index (κ3) is 4.67. The monoisotopic (exact) mass is 255 g/mol. The standard InChI is InChI=1S/C14H25NO3/c1-3-4-9-13(16)15(11-10-14(17)18-2)12-7-5-6-8-12/h12H,3-11H2,1-2H3. The van der Waals surface area contributed by atoms with Gasteiger partial charge in [-0.1, -0.05) is 26.2 Å². The fourth-order valence-corrected chi connectivity index (χ4v) is 2.51. The highest BCUT2D eigenvalue weighted by Gasteiger charge is 2.26. The Labute approximate surface area is 110 Å². The normalized spacial score (nSPS) is 15.7. The van der Waals surface area contributed by atoms with E-state index in [1.54, 1.807) is 0 Å². The molecule has 0 atom stereocenters. The number of amides is 1. The Morgan fingerprint density at radius 2 is 1.89 bits per heavy atom. The van der Waals surface area contributed by atoms with Gasteiger partial charge in [-0.15, -0.1) is 0 Å². The van der Waals surface area contributed by atoms with Crippen LogP contribution < -0.4 is 0 Å². The molecule has 0 bridgehead atoms. The summed E-state index contributed by atoms with van der Waals surface area (Å²) >= 11 is 0. The van der Waals surface area contributed by atoms with E-state index < -0.39 is 0 Å². The minimum atomic E-state index is -0.235. The minimum Gasteiger partial charge on any atom is -0.469 e. The number of ether oxygens (including phenoxy) is 1. The molecule has 1 fully saturated rings. The number of hydrogen-bond donors (Lipinski definition) is 0. The van der Waals surface area contributed by atoms with E-state index in [4.69, 9.17) is 0 Å². The maximum Gasteiger partial charge on any atom is 0.307 e. The van der Waals surface area contributed by atoms with E-state index in [1.807, 2.05) is 4.90 Å². The second-order valence-corrected chi connectivity index (χ2v) is 4.96. The van der Waals surface area contributed by atoms with Crippen molar-refractivity contribution in [2.75, 3.05) is 13.7 Å². The minimum absolute atomic E-state index is 0.202. The zero-order valence-electron chi connectivity index (χ0n) is 11.6. The largest absolute Gasteiger partial charge is 0.469 e. The Bertz CT molecular complexity index is 272. The van der Waals surface area contributed by atoms with Gasteiger partial charge in [0.2, 0.25) is 5.91 Å². The molecule has 4 heteroatoms. The van der Waals surface area contributed by atoms with Crippen LogP contribution in [0, 0.1) is 0 Å². The smallest absolute Gasteiger partial charge is 0.307 e. The molecule has 18 heavy (non-hydrogen) atoms. The number of carbonyl (C=O) groups excluding carboxylic acids is 2. The zero-order valence-corrected chi connectivity index (χ0v) is 11.6. The van der Waals surface area contributed by atoms with Crippen LogP contribution in [-0.4, -0.2) is 36.5 Å². The van der Waals surface area contributed by atoms with Gasteiger partial charge in [0.1, 0.15) is 0 Å². The van der Waals surface area contributed by atoms with Crippen LogP contribution in [-0.2, 0) is 14.3 Å². The van der Waals surface area contributed by atoms with Gasteiger partial charge in [0, 0.05) is 19.0 Å². The average molecular weight is 255 g/mol. The van der Waals surface area contributed by atoms with Crippen LogP contribution in [0.4, 0.5) is 0 Å².